The number of rotatable bonds is 8. The topological polar surface area (TPSA) is 64.1 Å². The maximum absolute atomic E-state index is 12.3. The van der Waals surface area contributed by atoms with E-state index in [0.29, 0.717) is 11.0 Å². The van der Waals surface area contributed by atoms with E-state index in [2.05, 4.69) is 36.3 Å². The number of anilines is 1. The van der Waals surface area contributed by atoms with Crippen molar-refractivity contribution < 1.29 is 9.53 Å². The highest BCUT2D eigenvalue weighted by atomic mass is 32.2. The van der Waals surface area contributed by atoms with Crippen LogP contribution in [0.25, 0.3) is 0 Å². The van der Waals surface area contributed by atoms with Gasteiger partial charge in [0.05, 0.1) is 0 Å². The number of para-hydroxylation sites is 1. The lowest BCUT2D eigenvalue weighted by Gasteiger charge is -2.18. The number of thioether (sulfide) groups is 1. The predicted molar refractivity (Wildman–Crippen MR) is 100 cm³/mol. The maximum Gasteiger partial charge on any atom is 0.266 e. The minimum Gasteiger partial charge on any atom is -0.481 e. The van der Waals surface area contributed by atoms with E-state index in [1.165, 1.54) is 11.3 Å². The zero-order valence-corrected chi connectivity index (χ0v) is 16.0. The van der Waals surface area contributed by atoms with E-state index in [4.69, 9.17) is 4.74 Å². The Balaban J connectivity index is 1.96. The van der Waals surface area contributed by atoms with Crippen LogP contribution < -0.4 is 10.1 Å². The summed E-state index contributed by atoms with van der Waals surface area (Å²) in [5, 5.41) is 11.3. The number of hydrogen-bond donors (Lipinski definition) is 1. The van der Waals surface area contributed by atoms with Crippen LogP contribution in [0, 0.1) is 0 Å². The summed E-state index contributed by atoms with van der Waals surface area (Å²) in [5.41, 5.74) is 1.09. The highest BCUT2D eigenvalue weighted by Crippen LogP contribution is 2.28. The number of nitrogens with zero attached hydrogens (tertiary/aromatic N) is 2. The highest BCUT2D eigenvalue weighted by molar-refractivity contribution is 8.01. The number of aromatic nitrogens is 2. The van der Waals surface area contributed by atoms with E-state index in [-0.39, 0.29) is 5.91 Å². The zero-order chi connectivity index (χ0) is 17.5. The van der Waals surface area contributed by atoms with E-state index >= 15 is 0 Å². The number of hydrogen-bond acceptors (Lipinski definition) is 6. The molecule has 1 amide bonds. The lowest BCUT2D eigenvalue weighted by molar-refractivity contribution is -0.122. The van der Waals surface area contributed by atoms with Crippen LogP contribution >= 0.6 is 23.1 Å². The Morgan fingerprint density at radius 2 is 2.04 bits per heavy atom. The van der Waals surface area contributed by atoms with Crippen molar-refractivity contribution in [2.45, 2.75) is 50.5 Å². The smallest absolute Gasteiger partial charge is 0.266 e. The molecule has 0 aliphatic rings. The van der Waals surface area contributed by atoms with E-state index in [9.17, 15) is 4.79 Å². The second kappa shape index (κ2) is 9.03. The van der Waals surface area contributed by atoms with Crippen LogP contribution in [0.2, 0.25) is 0 Å². The molecule has 1 N–H and O–H groups in total. The summed E-state index contributed by atoms with van der Waals surface area (Å²) in [4.78, 5) is 12.3. The zero-order valence-electron chi connectivity index (χ0n) is 14.4. The maximum atomic E-state index is 12.3. The second-order valence-electron chi connectivity index (χ2n) is 5.66. The summed E-state index contributed by atoms with van der Waals surface area (Å²) in [6.45, 7) is 8.05. The first kappa shape index (κ1) is 18.7. The van der Waals surface area contributed by atoms with Gasteiger partial charge in [-0.15, -0.1) is 10.2 Å². The van der Waals surface area contributed by atoms with Crippen LogP contribution in [0.1, 0.15) is 45.6 Å². The molecule has 1 aromatic carbocycles. The minimum absolute atomic E-state index is 0.225. The van der Waals surface area contributed by atoms with Gasteiger partial charge in [0.25, 0.3) is 5.91 Å². The number of amides is 1. The van der Waals surface area contributed by atoms with Gasteiger partial charge < -0.3 is 4.74 Å². The molecule has 0 aliphatic carbocycles. The molecule has 1 heterocycles. The fraction of sp³-hybridized carbons (Fsp3) is 0.471. The first-order valence-electron chi connectivity index (χ1n) is 8.04. The monoisotopic (exact) mass is 365 g/mol. The SMILES string of the molecule is CCCSc1nnc(NC(=O)[C@@H](C)Oc2ccccc2C(C)C)s1. The summed E-state index contributed by atoms with van der Waals surface area (Å²) in [6, 6.07) is 7.80. The van der Waals surface area contributed by atoms with Gasteiger partial charge in [-0.2, -0.15) is 0 Å². The molecule has 0 spiro atoms. The summed E-state index contributed by atoms with van der Waals surface area (Å²) in [7, 11) is 0. The molecule has 0 bridgehead atoms. The third-order valence-corrected chi connectivity index (χ3v) is 5.46. The lowest BCUT2D eigenvalue weighted by Crippen LogP contribution is -2.30. The summed E-state index contributed by atoms with van der Waals surface area (Å²) in [6.07, 6.45) is 0.465. The predicted octanol–water partition coefficient (Wildman–Crippen LogP) is 4.57. The van der Waals surface area contributed by atoms with Crippen molar-refractivity contribution >= 4 is 34.1 Å². The van der Waals surface area contributed by atoms with Crippen LogP contribution in [-0.4, -0.2) is 28.0 Å². The molecule has 2 rings (SSSR count). The molecule has 0 radical (unpaired) electrons. The standard InChI is InChI=1S/C17H23N3O2S2/c1-5-10-23-17-20-19-16(24-17)18-15(21)12(4)22-14-9-7-6-8-13(14)11(2)3/h6-9,11-12H,5,10H2,1-4H3,(H,18,19,21)/t12-/m1/s1. The molecular weight excluding hydrogens is 342 g/mol. The quantitative estimate of drug-likeness (QED) is 0.548. The van der Waals surface area contributed by atoms with Crippen molar-refractivity contribution in [3.8, 4) is 5.75 Å². The second-order valence-corrected chi connectivity index (χ2v) is 7.98. The summed E-state index contributed by atoms with van der Waals surface area (Å²) < 4.78 is 6.72. The molecule has 0 saturated carbocycles. The Labute approximate surface area is 151 Å². The molecule has 7 heteroatoms. The van der Waals surface area contributed by atoms with Crippen LogP contribution in [0.3, 0.4) is 0 Å². The van der Waals surface area contributed by atoms with Crippen LogP contribution in [0.15, 0.2) is 28.6 Å². The molecule has 1 atom stereocenters. The number of carbonyl (C=O) groups is 1. The van der Waals surface area contributed by atoms with Gasteiger partial charge in [0.1, 0.15) is 5.75 Å². The molecule has 0 fully saturated rings. The lowest BCUT2D eigenvalue weighted by atomic mass is 10.0. The van der Waals surface area contributed by atoms with Gasteiger partial charge in [-0.1, -0.05) is 62.1 Å². The number of nitrogens with one attached hydrogen (secondary N) is 1. The molecule has 0 aliphatic heterocycles. The molecule has 0 unspecified atom stereocenters. The van der Waals surface area contributed by atoms with Gasteiger partial charge in [-0.3, -0.25) is 10.1 Å². The Morgan fingerprint density at radius 1 is 1.29 bits per heavy atom. The molecule has 5 nitrogen and oxygen atoms in total. The van der Waals surface area contributed by atoms with Crippen molar-refractivity contribution in [1.82, 2.24) is 10.2 Å². The van der Waals surface area contributed by atoms with Crippen molar-refractivity contribution in [2.24, 2.45) is 0 Å². The third kappa shape index (κ3) is 5.21. The molecule has 130 valence electrons. The van der Waals surface area contributed by atoms with Gasteiger partial charge >= 0.3 is 0 Å². The highest BCUT2D eigenvalue weighted by Gasteiger charge is 2.19. The van der Waals surface area contributed by atoms with E-state index in [1.54, 1.807) is 18.7 Å². The molecule has 2 aromatic rings. The third-order valence-electron chi connectivity index (χ3n) is 3.28. The van der Waals surface area contributed by atoms with Crippen molar-refractivity contribution in [2.75, 3.05) is 11.1 Å². The first-order chi connectivity index (χ1) is 11.5. The van der Waals surface area contributed by atoms with E-state index in [1.807, 2.05) is 24.3 Å². The Morgan fingerprint density at radius 3 is 2.75 bits per heavy atom. The Hall–Kier alpha value is -1.60. The van der Waals surface area contributed by atoms with Crippen molar-refractivity contribution in [1.29, 1.82) is 0 Å². The molecule has 24 heavy (non-hydrogen) atoms. The van der Waals surface area contributed by atoms with Crippen molar-refractivity contribution in [3.05, 3.63) is 29.8 Å². The fourth-order valence-corrected chi connectivity index (χ4v) is 3.70. The van der Waals surface area contributed by atoms with E-state index < -0.39 is 6.10 Å². The summed E-state index contributed by atoms with van der Waals surface area (Å²) in [5.74, 6) is 1.84. The van der Waals surface area contributed by atoms with E-state index in [0.717, 1.165) is 27.8 Å². The molecular formula is C17H23N3O2S2. The first-order valence-corrected chi connectivity index (χ1v) is 9.84. The number of ether oxygens (including phenoxy) is 1. The normalized spacial score (nSPS) is 12.2. The van der Waals surface area contributed by atoms with Gasteiger partial charge in [0, 0.05) is 5.75 Å². The fourth-order valence-electron chi connectivity index (χ4n) is 2.02. The molecule has 0 saturated heterocycles. The van der Waals surface area contributed by atoms with Crippen LogP contribution in [0.4, 0.5) is 5.13 Å². The Bertz CT molecular complexity index is 673. The largest absolute Gasteiger partial charge is 0.481 e. The summed E-state index contributed by atoms with van der Waals surface area (Å²) >= 11 is 3.03. The molecule has 1 aromatic heterocycles. The minimum atomic E-state index is -0.611. The van der Waals surface area contributed by atoms with Gasteiger partial charge in [-0.05, 0) is 30.9 Å². The van der Waals surface area contributed by atoms with Gasteiger partial charge in [0.2, 0.25) is 5.13 Å². The Kier molecular flexibility index (Phi) is 7.05. The van der Waals surface area contributed by atoms with Crippen molar-refractivity contribution in [3.63, 3.8) is 0 Å². The average molecular weight is 366 g/mol. The number of carbonyl (C=O) groups excluding carboxylic acids is 1. The number of benzene rings is 1. The van der Waals surface area contributed by atoms with Crippen LogP contribution in [-0.2, 0) is 4.79 Å². The van der Waals surface area contributed by atoms with Gasteiger partial charge in [0.15, 0.2) is 10.4 Å². The van der Waals surface area contributed by atoms with Gasteiger partial charge in [-0.25, -0.2) is 0 Å². The van der Waals surface area contributed by atoms with Crippen LogP contribution in [0.5, 0.6) is 5.75 Å². The average Bonchev–Trinajstić information content (AvgIpc) is 3.00.